The Hall–Kier alpha value is -0.780. The Morgan fingerprint density at radius 3 is 2.33 bits per heavy atom. The summed E-state index contributed by atoms with van der Waals surface area (Å²) in [6, 6.07) is 2.24. The van der Waals surface area contributed by atoms with E-state index in [1.54, 1.807) is 0 Å². The van der Waals surface area contributed by atoms with E-state index in [0.717, 1.165) is 38.2 Å². The highest BCUT2D eigenvalue weighted by Gasteiger charge is 2.26. The van der Waals surface area contributed by atoms with Gasteiger partial charge in [-0.25, -0.2) is 13.2 Å². The van der Waals surface area contributed by atoms with Crippen molar-refractivity contribution in [2.45, 2.75) is 37.0 Å². The molecule has 116 valence electrons. The van der Waals surface area contributed by atoms with E-state index in [2.05, 4.69) is 0 Å². The summed E-state index contributed by atoms with van der Waals surface area (Å²) in [5, 5.41) is 8.95. The number of carboxylic acid groups (broad SMARTS) is 1. The number of halogens is 2. The van der Waals surface area contributed by atoms with Crippen LogP contribution in [0.4, 0.5) is 0 Å². The number of hydrogen-bond donors (Lipinski definition) is 1. The van der Waals surface area contributed by atoms with Gasteiger partial charge in [0, 0.05) is 0 Å². The minimum absolute atomic E-state index is 0.00735. The average Bonchev–Trinajstić information content (AvgIpc) is 2.38. The Labute approximate surface area is 134 Å². The summed E-state index contributed by atoms with van der Waals surface area (Å²) in [4.78, 5) is 10.9. The van der Waals surface area contributed by atoms with Crippen LogP contribution in [0.25, 0.3) is 0 Å². The number of carbonyl (C=O) groups is 1. The molecule has 1 aliphatic carbocycles. The molecule has 0 spiro atoms. The lowest BCUT2D eigenvalue weighted by atomic mass is 9.91. The van der Waals surface area contributed by atoms with E-state index in [-0.39, 0.29) is 32.2 Å². The molecule has 7 heteroatoms. The summed E-state index contributed by atoms with van der Waals surface area (Å²) in [6.45, 7) is 0. The van der Waals surface area contributed by atoms with Gasteiger partial charge in [0.25, 0.3) is 0 Å². The number of benzene rings is 1. The van der Waals surface area contributed by atoms with Crippen LogP contribution < -0.4 is 0 Å². The molecule has 0 atom stereocenters. The maximum atomic E-state index is 12.5. The molecule has 1 saturated carbocycles. The molecule has 0 radical (unpaired) electrons. The molecule has 2 rings (SSSR count). The predicted octanol–water partition coefficient (Wildman–Crippen LogP) is 4.05. The summed E-state index contributed by atoms with van der Waals surface area (Å²) in [7, 11) is -3.62. The molecule has 21 heavy (non-hydrogen) atoms. The SMILES string of the molecule is O=C(O)c1cc(S(=O)(=O)CC2CCCCC2)c(Cl)cc1Cl. The van der Waals surface area contributed by atoms with Gasteiger partial charge in [-0.15, -0.1) is 0 Å². The third kappa shape index (κ3) is 3.90. The fraction of sp³-hybridized carbons (Fsp3) is 0.500. The van der Waals surface area contributed by atoms with Gasteiger partial charge < -0.3 is 5.11 Å². The lowest BCUT2D eigenvalue weighted by Gasteiger charge is -2.21. The molecule has 1 N–H and O–H groups in total. The van der Waals surface area contributed by atoms with Crippen LogP contribution in [0.15, 0.2) is 17.0 Å². The van der Waals surface area contributed by atoms with Gasteiger partial charge in [-0.2, -0.15) is 0 Å². The monoisotopic (exact) mass is 350 g/mol. The average molecular weight is 351 g/mol. The van der Waals surface area contributed by atoms with Gasteiger partial charge in [0.2, 0.25) is 0 Å². The molecule has 0 amide bonds. The van der Waals surface area contributed by atoms with Crippen LogP contribution in [0.3, 0.4) is 0 Å². The summed E-state index contributed by atoms with van der Waals surface area (Å²) < 4.78 is 25.0. The van der Waals surface area contributed by atoms with Crippen molar-refractivity contribution in [3.63, 3.8) is 0 Å². The molecular formula is C14H16Cl2O4S. The molecule has 0 aliphatic heterocycles. The largest absolute Gasteiger partial charge is 0.478 e. The summed E-state index contributed by atoms with van der Waals surface area (Å²) in [5.41, 5.74) is -0.247. The molecule has 0 aromatic heterocycles. The Balaban J connectivity index is 2.34. The zero-order chi connectivity index (χ0) is 15.6. The van der Waals surface area contributed by atoms with E-state index in [4.69, 9.17) is 28.3 Å². The van der Waals surface area contributed by atoms with Gasteiger partial charge in [0.1, 0.15) is 0 Å². The first-order valence-corrected chi connectivity index (χ1v) is 9.17. The van der Waals surface area contributed by atoms with Gasteiger partial charge in [0.05, 0.1) is 26.3 Å². The van der Waals surface area contributed by atoms with Crippen LogP contribution in [0, 0.1) is 5.92 Å². The topological polar surface area (TPSA) is 71.4 Å². The highest BCUT2D eigenvalue weighted by Crippen LogP contribution is 2.32. The van der Waals surface area contributed by atoms with Crippen molar-refractivity contribution in [2.24, 2.45) is 5.92 Å². The molecular weight excluding hydrogens is 335 g/mol. The first-order chi connectivity index (χ1) is 9.81. The van der Waals surface area contributed by atoms with Crippen molar-refractivity contribution in [1.82, 2.24) is 0 Å². The van der Waals surface area contributed by atoms with Crippen molar-refractivity contribution < 1.29 is 18.3 Å². The van der Waals surface area contributed by atoms with E-state index < -0.39 is 15.8 Å². The minimum Gasteiger partial charge on any atom is -0.478 e. The molecule has 0 heterocycles. The zero-order valence-electron chi connectivity index (χ0n) is 11.3. The third-order valence-electron chi connectivity index (χ3n) is 3.77. The maximum Gasteiger partial charge on any atom is 0.337 e. The quantitative estimate of drug-likeness (QED) is 0.888. The van der Waals surface area contributed by atoms with E-state index in [9.17, 15) is 13.2 Å². The van der Waals surface area contributed by atoms with Crippen molar-refractivity contribution in [2.75, 3.05) is 5.75 Å². The van der Waals surface area contributed by atoms with Gasteiger partial charge in [-0.3, -0.25) is 0 Å². The Morgan fingerprint density at radius 2 is 1.76 bits per heavy atom. The van der Waals surface area contributed by atoms with Crippen molar-refractivity contribution in [3.8, 4) is 0 Å². The number of sulfone groups is 1. The first-order valence-electron chi connectivity index (χ1n) is 6.76. The van der Waals surface area contributed by atoms with Crippen LogP contribution in [0.5, 0.6) is 0 Å². The van der Waals surface area contributed by atoms with E-state index >= 15 is 0 Å². The lowest BCUT2D eigenvalue weighted by Crippen LogP contribution is -2.19. The van der Waals surface area contributed by atoms with Crippen LogP contribution in [-0.2, 0) is 9.84 Å². The molecule has 0 saturated heterocycles. The fourth-order valence-corrected chi connectivity index (χ4v) is 5.29. The molecule has 0 unspecified atom stereocenters. The maximum absolute atomic E-state index is 12.5. The zero-order valence-corrected chi connectivity index (χ0v) is 13.6. The molecule has 1 aromatic rings. The molecule has 4 nitrogen and oxygen atoms in total. The lowest BCUT2D eigenvalue weighted by molar-refractivity contribution is 0.0697. The van der Waals surface area contributed by atoms with Gasteiger partial charge in [-0.1, -0.05) is 42.5 Å². The molecule has 1 aromatic carbocycles. The Morgan fingerprint density at radius 1 is 1.14 bits per heavy atom. The smallest absolute Gasteiger partial charge is 0.337 e. The minimum atomic E-state index is -3.62. The molecule has 1 aliphatic rings. The van der Waals surface area contributed by atoms with E-state index in [0.29, 0.717) is 0 Å². The molecule has 1 fully saturated rings. The highest BCUT2D eigenvalue weighted by molar-refractivity contribution is 7.91. The number of carboxylic acids is 1. The van der Waals surface area contributed by atoms with Gasteiger partial charge in [0.15, 0.2) is 9.84 Å². The van der Waals surface area contributed by atoms with Crippen LogP contribution >= 0.6 is 23.2 Å². The normalized spacial score (nSPS) is 16.9. The summed E-state index contributed by atoms with van der Waals surface area (Å²) in [6.07, 6.45) is 4.98. The van der Waals surface area contributed by atoms with Crippen LogP contribution in [0.1, 0.15) is 42.5 Å². The standard InChI is InChI=1S/C14H16Cl2O4S/c15-11-7-12(16)13(6-10(11)14(17)18)21(19,20)8-9-4-2-1-3-5-9/h6-7,9H,1-5,8H2,(H,17,18). The first kappa shape index (κ1) is 16.6. The Kier molecular flexibility index (Phi) is 5.17. The number of rotatable bonds is 4. The van der Waals surface area contributed by atoms with Crippen LogP contribution in [0.2, 0.25) is 10.0 Å². The summed E-state index contributed by atoms with van der Waals surface area (Å²) in [5.74, 6) is -1.15. The molecule has 0 bridgehead atoms. The van der Waals surface area contributed by atoms with E-state index in [1.807, 2.05) is 0 Å². The number of aromatic carboxylic acids is 1. The van der Waals surface area contributed by atoms with E-state index in [1.165, 1.54) is 6.07 Å². The second-order valence-corrected chi connectivity index (χ2v) is 8.17. The van der Waals surface area contributed by atoms with Gasteiger partial charge in [-0.05, 0) is 30.9 Å². The summed E-state index contributed by atoms with van der Waals surface area (Å²) >= 11 is 11.7. The Bertz CT molecular complexity index is 649. The fourth-order valence-electron chi connectivity index (χ4n) is 2.69. The second-order valence-electron chi connectivity index (χ2n) is 5.35. The third-order valence-corrected chi connectivity index (χ3v) is 6.42. The van der Waals surface area contributed by atoms with Crippen molar-refractivity contribution in [3.05, 3.63) is 27.7 Å². The second kappa shape index (κ2) is 6.55. The number of hydrogen-bond acceptors (Lipinski definition) is 3. The van der Waals surface area contributed by atoms with Crippen molar-refractivity contribution in [1.29, 1.82) is 0 Å². The predicted molar refractivity (Wildman–Crippen MR) is 82.0 cm³/mol. The highest BCUT2D eigenvalue weighted by atomic mass is 35.5. The van der Waals surface area contributed by atoms with Gasteiger partial charge >= 0.3 is 5.97 Å². The van der Waals surface area contributed by atoms with Crippen LogP contribution in [-0.4, -0.2) is 25.2 Å². The van der Waals surface area contributed by atoms with Crippen molar-refractivity contribution >= 4 is 39.0 Å².